The molecule has 33 heavy (non-hydrogen) atoms. The van der Waals surface area contributed by atoms with Gasteiger partial charge in [-0.3, -0.25) is 14.5 Å². The summed E-state index contributed by atoms with van der Waals surface area (Å²) in [7, 11) is 0. The fourth-order valence-electron chi connectivity index (χ4n) is 7.76. The van der Waals surface area contributed by atoms with Gasteiger partial charge in [-0.2, -0.15) is 0 Å². The first kappa shape index (κ1) is 22.7. The van der Waals surface area contributed by atoms with E-state index in [2.05, 4.69) is 10.2 Å². The summed E-state index contributed by atoms with van der Waals surface area (Å²) in [6.07, 6.45) is 14.3. The first-order valence-electron chi connectivity index (χ1n) is 13.1. The largest absolute Gasteiger partial charge is 0.480 e. The minimum Gasteiger partial charge on any atom is -0.480 e. The molecule has 2 N–H and O–H groups in total. The van der Waals surface area contributed by atoms with Crippen molar-refractivity contribution in [3.63, 3.8) is 0 Å². The van der Waals surface area contributed by atoms with Crippen LogP contribution in [0.25, 0.3) is 0 Å². The molecule has 6 heteroatoms. The van der Waals surface area contributed by atoms with Crippen molar-refractivity contribution >= 4 is 23.3 Å². The topological polar surface area (TPSA) is 72.9 Å². The van der Waals surface area contributed by atoms with E-state index in [1.807, 2.05) is 29.2 Å². The minimum absolute atomic E-state index is 0.0447. The Morgan fingerprint density at radius 3 is 2.21 bits per heavy atom. The lowest BCUT2D eigenvalue weighted by atomic mass is 9.68. The predicted octanol–water partition coefficient (Wildman–Crippen LogP) is 4.89. The van der Waals surface area contributed by atoms with Gasteiger partial charge in [0.25, 0.3) is 0 Å². The highest BCUT2D eigenvalue weighted by atomic mass is 16.4. The predicted molar refractivity (Wildman–Crippen MR) is 130 cm³/mol. The summed E-state index contributed by atoms with van der Waals surface area (Å²) in [5.74, 6) is 1.01. The number of carboxylic acids is 1. The summed E-state index contributed by atoms with van der Waals surface area (Å²) < 4.78 is 0. The van der Waals surface area contributed by atoms with Gasteiger partial charge in [-0.25, -0.2) is 0 Å². The van der Waals surface area contributed by atoms with E-state index in [1.165, 1.54) is 57.8 Å². The van der Waals surface area contributed by atoms with Crippen LogP contribution in [0.15, 0.2) is 24.3 Å². The van der Waals surface area contributed by atoms with Gasteiger partial charge >= 0.3 is 5.97 Å². The molecular formula is C27H39N3O3. The number of aliphatic carboxylic acids is 1. The van der Waals surface area contributed by atoms with Crippen molar-refractivity contribution in [3.8, 4) is 0 Å². The zero-order chi connectivity index (χ0) is 22.9. The second-order valence-corrected chi connectivity index (χ2v) is 11.0. The van der Waals surface area contributed by atoms with Crippen LogP contribution in [0.4, 0.5) is 11.4 Å². The number of rotatable bonds is 6. The van der Waals surface area contributed by atoms with Crippen LogP contribution in [0.1, 0.15) is 77.6 Å². The number of anilines is 2. The van der Waals surface area contributed by atoms with Gasteiger partial charge in [-0.05, 0) is 68.9 Å². The summed E-state index contributed by atoms with van der Waals surface area (Å²) in [5.41, 5.74) is 1.54. The summed E-state index contributed by atoms with van der Waals surface area (Å²) in [5, 5.41) is 12.2. The molecular weight excluding hydrogens is 414 g/mol. The summed E-state index contributed by atoms with van der Waals surface area (Å²) in [4.78, 5) is 28.9. The highest BCUT2D eigenvalue weighted by Crippen LogP contribution is 2.47. The fraction of sp³-hybridized carbons (Fsp3) is 0.704. The maximum atomic E-state index is 12.9. The van der Waals surface area contributed by atoms with Gasteiger partial charge in [0, 0.05) is 31.1 Å². The van der Waals surface area contributed by atoms with Crippen molar-refractivity contribution < 1.29 is 14.7 Å². The number of carboxylic acid groups (broad SMARTS) is 1. The molecule has 1 aromatic carbocycles. The Bertz CT molecular complexity index is 848. The molecule has 5 rings (SSSR count). The zero-order valence-corrected chi connectivity index (χ0v) is 19.9. The van der Waals surface area contributed by atoms with Crippen LogP contribution < -0.4 is 10.2 Å². The zero-order valence-electron chi connectivity index (χ0n) is 19.9. The van der Waals surface area contributed by atoms with E-state index in [9.17, 15) is 9.59 Å². The Morgan fingerprint density at radius 2 is 1.58 bits per heavy atom. The van der Waals surface area contributed by atoms with Gasteiger partial charge in [-0.1, -0.05) is 37.8 Å². The van der Waals surface area contributed by atoms with E-state index in [-0.39, 0.29) is 18.5 Å². The average molecular weight is 454 g/mol. The maximum absolute atomic E-state index is 12.9. The number of benzene rings is 1. The molecule has 1 aromatic rings. The van der Waals surface area contributed by atoms with Crippen molar-refractivity contribution in [3.05, 3.63) is 24.3 Å². The van der Waals surface area contributed by atoms with Gasteiger partial charge in [0.1, 0.15) is 6.54 Å². The smallest absolute Gasteiger partial charge is 0.322 e. The molecule has 2 heterocycles. The van der Waals surface area contributed by atoms with Crippen molar-refractivity contribution in [2.24, 2.45) is 11.8 Å². The molecule has 4 fully saturated rings. The quantitative estimate of drug-likeness (QED) is 0.642. The van der Waals surface area contributed by atoms with E-state index >= 15 is 0 Å². The van der Waals surface area contributed by atoms with Crippen molar-refractivity contribution in [2.45, 2.75) is 102 Å². The normalized spacial score (nSPS) is 33.8. The van der Waals surface area contributed by atoms with Crippen LogP contribution in [0.3, 0.4) is 0 Å². The van der Waals surface area contributed by atoms with Crippen molar-refractivity contribution in [2.75, 3.05) is 16.8 Å². The van der Waals surface area contributed by atoms with E-state index in [1.54, 1.807) is 6.92 Å². The lowest BCUT2D eigenvalue weighted by Gasteiger charge is -2.56. The van der Waals surface area contributed by atoms with Crippen LogP contribution in [0.2, 0.25) is 0 Å². The number of amides is 1. The second-order valence-electron chi connectivity index (χ2n) is 11.0. The first-order chi connectivity index (χ1) is 16.0. The Hall–Kier alpha value is -2.08. The average Bonchev–Trinajstić information content (AvgIpc) is 2.77. The number of para-hydroxylation sites is 2. The Kier molecular flexibility index (Phi) is 6.64. The molecule has 2 aliphatic carbocycles. The number of nitrogens with one attached hydrogen (secondary N) is 1. The first-order valence-corrected chi connectivity index (χ1v) is 13.1. The third-order valence-electron chi connectivity index (χ3n) is 8.83. The molecule has 0 spiro atoms. The number of hydrogen-bond donors (Lipinski definition) is 2. The molecule has 6 nitrogen and oxygen atoms in total. The van der Waals surface area contributed by atoms with Gasteiger partial charge in [0.15, 0.2) is 0 Å². The van der Waals surface area contributed by atoms with E-state index < -0.39 is 5.97 Å². The highest BCUT2D eigenvalue weighted by Gasteiger charge is 2.46. The van der Waals surface area contributed by atoms with Crippen LogP contribution >= 0.6 is 0 Å². The molecule has 5 atom stereocenters. The second kappa shape index (κ2) is 9.65. The lowest BCUT2D eigenvalue weighted by molar-refractivity contribution is -0.135. The molecule has 180 valence electrons. The Morgan fingerprint density at radius 1 is 0.939 bits per heavy atom. The van der Waals surface area contributed by atoms with Gasteiger partial charge < -0.3 is 15.3 Å². The van der Waals surface area contributed by atoms with Crippen LogP contribution in [0, 0.1) is 11.8 Å². The molecule has 4 bridgehead atoms. The molecule has 2 aliphatic heterocycles. The standard InChI is InChI=1S/C27H39N3O3/c1-18(31)29(26-11-3-2-10-25(26)28-17-27(32)33)24-15-21-8-5-9-22(16-24)30(21)23-13-19-6-4-7-20(12-19)14-23/h2-3,10-11,19-24,28H,4-9,12-17H2,1H3,(H,32,33)/t19?,20?,21-,22+,23?,24?. The van der Waals surface area contributed by atoms with Gasteiger partial charge in [0.2, 0.25) is 5.91 Å². The van der Waals surface area contributed by atoms with Crippen molar-refractivity contribution in [1.29, 1.82) is 0 Å². The highest BCUT2D eigenvalue weighted by molar-refractivity contribution is 5.96. The van der Waals surface area contributed by atoms with Crippen LogP contribution in [0.5, 0.6) is 0 Å². The SMILES string of the molecule is CC(=O)N(c1ccccc1NCC(=O)O)C1C[C@H]2CCC[C@@H](C1)N2C1CC2CCCC(C2)C1. The molecule has 1 amide bonds. The number of piperidine rings is 2. The molecule has 4 aliphatic rings. The Balaban J connectivity index is 1.36. The number of fused-ring (bicyclic) bond motifs is 4. The number of carbonyl (C=O) groups is 2. The molecule has 0 radical (unpaired) electrons. The van der Waals surface area contributed by atoms with Gasteiger partial charge in [-0.15, -0.1) is 0 Å². The Labute approximate surface area is 197 Å². The number of hydrogen-bond acceptors (Lipinski definition) is 4. The summed E-state index contributed by atoms with van der Waals surface area (Å²) in [6, 6.07) is 9.70. The maximum Gasteiger partial charge on any atom is 0.322 e. The summed E-state index contributed by atoms with van der Waals surface area (Å²) >= 11 is 0. The van der Waals surface area contributed by atoms with Gasteiger partial charge in [0.05, 0.1) is 11.4 Å². The number of nitrogens with zero attached hydrogens (tertiary/aromatic N) is 2. The lowest BCUT2D eigenvalue weighted by Crippen LogP contribution is -2.61. The molecule has 0 aromatic heterocycles. The molecule has 2 saturated carbocycles. The summed E-state index contributed by atoms with van der Waals surface area (Å²) in [6.45, 7) is 1.49. The molecule has 3 unspecified atom stereocenters. The van der Waals surface area contributed by atoms with E-state index in [0.29, 0.717) is 12.1 Å². The fourth-order valence-corrected chi connectivity index (χ4v) is 7.76. The van der Waals surface area contributed by atoms with Crippen LogP contribution in [-0.4, -0.2) is 52.6 Å². The van der Waals surface area contributed by atoms with Crippen molar-refractivity contribution in [1.82, 2.24) is 4.90 Å². The third-order valence-corrected chi connectivity index (χ3v) is 8.83. The van der Waals surface area contributed by atoms with E-state index in [4.69, 9.17) is 5.11 Å². The number of carbonyl (C=O) groups excluding carboxylic acids is 1. The molecule has 2 saturated heterocycles. The monoisotopic (exact) mass is 453 g/mol. The third kappa shape index (κ3) is 4.77. The van der Waals surface area contributed by atoms with E-state index in [0.717, 1.165) is 42.1 Å². The van der Waals surface area contributed by atoms with Crippen LogP contribution in [-0.2, 0) is 9.59 Å². The minimum atomic E-state index is -0.903.